The standard InChI is InChI=1S/C18H17N3O/c1-22-17-9-7-15(8-10-17)16-12-20-18(21-13-16)19-11-14-5-3-2-4-6-14/h2-10,12-13H,11H2,1H3,(H,19,20,21). The molecule has 0 fully saturated rings. The van der Waals surface area contributed by atoms with Crippen molar-refractivity contribution in [3.63, 3.8) is 0 Å². The third-order valence-corrected chi connectivity index (χ3v) is 3.37. The van der Waals surface area contributed by atoms with E-state index in [2.05, 4.69) is 27.4 Å². The molecule has 0 bridgehead atoms. The van der Waals surface area contributed by atoms with Crippen molar-refractivity contribution < 1.29 is 4.74 Å². The second kappa shape index (κ2) is 6.72. The highest BCUT2D eigenvalue weighted by atomic mass is 16.5. The number of benzene rings is 2. The molecule has 0 aliphatic rings. The molecule has 0 unspecified atom stereocenters. The van der Waals surface area contributed by atoms with Crippen molar-refractivity contribution in [2.75, 3.05) is 12.4 Å². The average Bonchev–Trinajstić information content (AvgIpc) is 2.61. The minimum atomic E-state index is 0.626. The van der Waals surface area contributed by atoms with Gasteiger partial charge >= 0.3 is 0 Å². The van der Waals surface area contributed by atoms with Crippen molar-refractivity contribution in [2.24, 2.45) is 0 Å². The first-order valence-corrected chi connectivity index (χ1v) is 7.09. The Balaban J connectivity index is 1.67. The molecule has 0 saturated heterocycles. The second-order valence-corrected chi connectivity index (χ2v) is 4.86. The highest BCUT2D eigenvalue weighted by Crippen LogP contribution is 2.21. The van der Waals surface area contributed by atoms with Crippen LogP contribution in [-0.2, 0) is 6.54 Å². The number of hydrogen-bond acceptors (Lipinski definition) is 4. The van der Waals surface area contributed by atoms with E-state index < -0.39 is 0 Å². The molecule has 0 amide bonds. The van der Waals surface area contributed by atoms with E-state index in [1.165, 1.54) is 5.56 Å². The van der Waals surface area contributed by atoms with E-state index in [4.69, 9.17) is 4.74 Å². The molecule has 1 heterocycles. The predicted octanol–water partition coefficient (Wildman–Crippen LogP) is 3.76. The normalized spacial score (nSPS) is 10.2. The van der Waals surface area contributed by atoms with Gasteiger partial charge in [-0.15, -0.1) is 0 Å². The lowest BCUT2D eigenvalue weighted by Gasteiger charge is -2.06. The Hall–Kier alpha value is -2.88. The topological polar surface area (TPSA) is 47.0 Å². The number of ether oxygens (including phenoxy) is 1. The Morgan fingerprint density at radius 1 is 0.864 bits per heavy atom. The van der Waals surface area contributed by atoms with Gasteiger partial charge in [-0.3, -0.25) is 0 Å². The molecule has 22 heavy (non-hydrogen) atoms. The maximum atomic E-state index is 5.16. The van der Waals surface area contributed by atoms with Gasteiger partial charge in [0.25, 0.3) is 0 Å². The molecule has 0 radical (unpaired) electrons. The third kappa shape index (κ3) is 3.41. The van der Waals surface area contributed by atoms with Crippen LogP contribution in [0.3, 0.4) is 0 Å². The van der Waals surface area contributed by atoms with Crippen molar-refractivity contribution in [1.29, 1.82) is 0 Å². The number of methoxy groups -OCH3 is 1. The molecule has 110 valence electrons. The summed E-state index contributed by atoms with van der Waals surface area (Å²) in [5.74, 6) is 1.46. The van der Waals surface area contributed by atoms with Gasteiger partial charge in [0.2, 0.25) is 5.95 Å². The fraction of sp³-hybridized carbons (Fsp3) is 0.111. The quantitative estimate of drug-likeness (QED) is 0.777. The van der Waals surface area contributed by atoms with Gasteiger partial charge in [0.15, 0.2) is 0 Å². The van der Waals surface area contributed by atoms with E-state index in [1.807, 2.05) is 54.9 Å². The fourth-order valence-electron chi connectivity index (χ4n) is 2.13. The SMILES string of the molecule is COc1ccc(-c2cnc(NCc3ccccc3)nc2)cc1. The Morgan fingerprint density at radius 3 is 2.18 bits per heavy atom. The summed E-state index contributed by atoms with van der Waals surface area (Å²) in [6.45, 7) is 0.711. The van der Waals surface area contributed by atoms with Crippen molar-refractivity contribution in [3.05, 3.63) is 72.6 Å². The van der Waals surface area contributed by atoms with Crippen molar-refractivity contribution >= 4 is 5.95 Å². The van der Waals surface area contributed by atoms with Gasteiger partial charge in [-0.25, -0.2) is 9.97 Å². The van der Waals surface area contributed by atoms with Gasteiger partial charge < -0.3 is 10.1 Å². The van der Waals surface area contributed by atoms with E-state index >= 15 is 0 Å². The second-order valence-electron chi connectivity index (χ2n) is 4.86. The van der Waals surface area contributed by atoms with Crippen LogP contribution in [0.4, 0.5) is 5.95 Å². The van der Waals surface area contributed by atoms with Crippen LogP contribution in [0.1, 0.15) is 5.56 Å². The van der Waals surface area contributed by atoms with Crippen LogP contribution in [0, 0.1) is 0 Å². The van der Waals surface area contributed by atoms with Gasteiger partial charge in [-0.2, -0.15) is 0 Å². The van der Waals surface area contributed by atoms with Gasteiger partial charge in [0.1, 0.15) is 5.75 Å². The first-order chi connectivity index (χ1) is 10.8. The molecule has 0 saturated carbocycles. The third-order valence-electron chi connectivity index (χ3n) is 3.37. The van der Waals surface area contributed by atoms with E-state index in [0.29, 0.717) is 12.5 Å². The molecule has 2 aromatic carbocycles. The Bertz CT molecular complexity index is 710. The summed E-state index contributed by atoms with van der Waals surface area (Å²) in [5.41, 5.74) is 3.24. The van der Waals surface area contributed by atoms with E-state index in [-0.39, 0.29) is 0 Å². The molecule has 3 rings (SSSR count). The molecule has 0 spiro atoms. The van der Waals surface area contributed by atoms with Crippen LogP contribution < -0.4 is 10.1 Å². The number of hydrogen-bond donors (Lipinski definition) is 1. The van der Waals surface area contributed by atoms with Crippen molar-refractivity contribution in [2.45, 2.75) is 6.54 Å². The predicted molar refractivity (Wildman–Crippen MR) is 87.8 cm³/mol. The summed E-state index contributed by atoms with van der Waals surface area (Å²) < 4.78 is 5.16. The molecule has 3 aromatic rings. The maximum absolute atomic E-state index is 5.16. The molecule has 0 aliphatic carbocycles. The summed E-state index contributed by atoms with van der Waals surface area (Å²) in [4.78, 5) is 8.72. The van der Waals surface area contributed by atoms with Crippen LogP contribution in [-0.4, -0.2) is 17.1 Å². The van der Waals surface area contributed by atoms with Gasteiger partial charge in [-0.05, 0) is 23.3 Å². The van der Waals surface area contributed by atoms with Gasteiger partial charge in [-0.1, -0.05) is 42.5 Å². The highest BCUT2D eigenvalue weighted by molar-refractivity contribution is 5.62. The van der Waals surface area contributed by atoms with Crippen molar-refractivity contribution in [3.8, 4) is 16.9 Å². The summed E-state index contributed by atoms with van der Waals surface area (Å²) in [5, 5.41) is 3.22. The minimum absolute atomic E-state index is 0.626. The number of rotatable bonds is 5. The summed E-state index contributed by atoms with van der Waals surface area (Å²) in [7, 11) is 1.66. The van der Waals surface area contributed by atoms with E-state index in [9.17, 15) is 0 Å². The zero-order valence-electron chi connectivity index (χ0n) is 12.4. The first kappa shape index (κ1) is 14.1. The number of nitrogens with zero attached hydrogens (tertiary/aromatic N) is 2. The lowest BCUT2D eigenvalue weighted by atomic mass is 10.1. The van der Waals surface area contributed by atoms with Crippen LogP contribution in [0.2, 0.25) is 0 Å². The summed E-state index contributed by atoms with van der Waals surface area (Å²) in [6.07, 6.45) is 3.64. The first-order valence-electron chi connectivity index (χ1n) is 7.09. The number of anilines is 1. The molecule has 1 N–H and O–H groups in total. The Kier molecular flexibility index (Phi) is 4.30. The zero-order chi connectivity index (χ0) is 15.2. The molecule has 0 atom stereocenters. The molecule has 4 heteroatoms. The molecular weight excluding hydrogens is 274 g/mol. The monoisotopic (exact) mass is 291 g/mol. The summed E-state index contributed by atoms with van der Waals surface area (Å²) in [6, 6.07) is 18.0. The summed E-state index contributed by atoms with van der Waals surface area (Å²) >= 11 is 0. The fourth-order valence-corrected chi connectivity index (χ4v) is 2.13. The van der Waals surface area contributed by atoms with Gasteiger partial charge in [0.05, 0.1) is 7.11 Å². The smallest absolute Gasteiger partial charge is 0.222 e. The minimum Gasteiger partial charge on any atom is -0.497 e. The number of aromatic nitrogens is 2. The zero-order valence-corrected chi connectivity index (χ0v) is 12.4. The van der Waals surface area contributed by atoms with E-state index in [0.717, 1.165) is 16.9 Å². The Morgan fingerprint density at radius 2 is 1.55 bits per heavy atom. The lowest BCUT2D eigenvalue weighted by Crippen LogP contribution is -2.03. The molecule has 4 nitrogen and oxygen atoms in total. The average molecular weight is 291 g/mol. The van der Waals surface area contributed by atoms with Crippen molar-refractivity contribution in [1.82, 2.24) is 9.97 Å². The van der Waals surface area contributed by atoms with E-state index in [1.54, 1.807) is 7.11 Å². The molecule has 1 aromatic heterocycles. The molecular formula is C18H17N3O. The number of nitrogens with one attached hydrogen (secondary N) is 1. The largest absolute Gasteiger partial charge is 0.497 e. The van der Waals surface area contributed by atoms with Crippen LogP contribution in [0.5, 0.6) is 5.75 Å². The Labute approximate surface area is 129 Å². The molecule has 0 aliphatic heterocycles. The maximum Gasteiger partial charge on any atom is 0.222 e. The van der Waals surface area contributed by atoms with Crippen LogP contribution in [0.25, 0.3) is 11.1 Å². The van der Waals surface area contributed by atoms with Crippen LogP contribution in [0.15, 0.2) is 67.0 Å². The highest BCUT2D eigenvalue weighted by Gasteiger charge is 2.01. The lowest BCUT2D eigenvalue weighted by molar-refractivity contribution is 0.415. The van der Waals surface area contributed by atoms with Gasteiger partial charge in [0, 0.05) is 24.5 Å². The van der Waals surface area contributed by atoms with Crippen LogP contribution >= 0.6 is 0 Å².